The normalized spacial score (nSPS) is 11.4. The number of nitrogens with one attached hydrogen (secondary N) is 1. The van der Waals surface area contributed by atoms with Gasteiger partial charge in [0.1, 0.15) is 0 Å². The third kappa shape index (κ3) is 6.27. The van der Waals surface area contributed by atoms with Crippen molar-refractivity contribution in [1.29, 1.82) is 0 Å². The molecule has 0 amide bonds. The molecule has 0 aliphatic rings. The lowest BCUT2D eigenvalue weighted by molar-refractivity contribution is 0.552. The quantitative estimate of drug-likeness (QED) is 0.739. The Morgan fingerprint density at radius 3 is 2.40 bits per heavy atom. The highest BCUT2D eigenvalue weighted by atomic mass is 79.9. The van der Waals surface area contributed by atoms with Gasteiger partial charge in [-0.05, 0) is 58.4 Å². The molecule has 0 bridgehead atoms. The van der Waals surface area contributed by atoms with Gasteiger partial charge in [-0.15, -0.1) is 0 Å². The molecule has 0 aromatic heterocycles. The van der Waals surface area contributed by atoms with E-state index in [9.17, 15) is 0 Å². The maximum Gasteiger partial charge on any atom is 0.0508 e. The van der Waals surface area contributed by atoms with Crippen LogP contribution in [-0.4, -0.2) is 20.1 Å². The molecule has 2 nitrogen and oxygen atoms in total. The molecule has 1 aromatic rings. The van der Waals surface area contributed by atoms with Gasteiger partial charge in [0.05, 0.1) is 5.69 Å². The molecule has 0 aliphatic heterocycles. The second-order valence-electron chi connectivity index (χ2n) is 6.41. The molecule has 0 aliphatic carbocycles. The lowest BCUT2D eigenvalue weighted by Gasteiger charge is -2.22. The Balaban J connectivity index is 2.58. The van der Waals surface area contributed by atoms with Gasteiger partial charge in [0.2, 0.25) is 0 Å². The first-order chi connectivity index (χ1) is 9.40. The monoisotopic (exact) mass is 340 g/mol. The molecular formula is C17H29BrN2. The number of anilines is 1. The Kier molecular flexibility index (Phi) is 7.60. The van der Waals surface area contributed by atoms with E-state index in [0.29, 0.717) is 5.92 Å². The lowest BCUT2D eigenvalue weighted by atomic mass is 10.1. The molecule has 1 N–H and O–H groups in total. The van der Waals surface area contributed by atoms with E-state index in [0.717, 1.165) is 25.6 Å². The smallest absolute Gasteiger partial charge is 0.0508 e. The van der Waals surface area contributed by atoms with Gasteiger partial charge in [-0.2, -0.15) is 0 Å². The Morgan fingerprint density at radius 2 is 1.85 bits per heavy atom. The van der Waals surface area contributed by atoms with E-state index < -0.39 is 0 Å². The van der Waals surface area contributed by atoms with Crippen molar-refractivity contribution in [2.75, 3.05) is 25.0 Å². The molecule has 0 saturated heterocycles. The minimum absolute atomic E-state index is 0.694. The van der Waals surface area contributed by atoms with Crippen LogP contribution in [-0.2, 0) is 6.54 Å². The number of rotatable bonds is 8. The molecule has 0 fully saturated rings. The Hall–Kier alpha value is -0.540. The molecule has 0 unspecified atom stereocenters. The molecule has 1 rings (SSSR count). The van der Waals surface area contributed by atoms with Gasteiger partial charge in [-0.1, -0.05) is 33.8 Å². The second-order valence-corrected chi connectivity index (χ2v) is 7.27. The number of halogens is 1. The van der Waals surface area contributed by atoms with Crippen molar-refractivity contribution in [2.24, 2.45) is 11.8 Å². The predicted molar refractivity (Wildman–Crippen MR) is 93.4 cm³/mol. The summed E-state index contributed by atoms with van der Waals surface area (Å²) < 4.78 is 1.19. The summed E-state index contributed by atoms with van der Waals surface area (Å²) in [4.78, 5) is 2.33. The first-order valence-electron chi connectivity index (χ1n) is 7.60. The minimum Gasteiger partial charge on any atom is -0.374 e. The van der Waals surface area contributed by atoms with Crippen molar-refractivity contribution in [3.8, 4) is 0 Å². The van der Waals surface area contributed by atoms with E-state index in [2.05, 4.69) is 79.1 Å². The maximum absolute atomic E-state index is 3.71. The van der Waals surface area contributed by atoms with Gasteiger partial charge in [-0.3, -0.25) is 0 Å². The largest absolute Gasteiger partial charge is 0.374 e. The average Bonchev–Trinajstić information content (AvgIpc) is 2.35. The Labute approximate surface area is 133 Å². The summed E-state index contributed by atoms with van der Waals surface area (Å²) in [5.74, 6) is 1.44. The summed E-state index contributed by atoms with van der Waals surface area (Å²) in [7, 11) is 2.17. The zero-order valence-corrected chi connectivity index (χ0v) is 15.1. The summed E-state index contributed by atoms with van der Waals surface area (Å²) in [6.07, 6.45) is 1.22. The maximum atomic E-state index is 3.71. The van der Waals surface area contributed by atoms with E-state index in [4.69, 9.17) is 0 Å². The van der Waals surface area contributed by atoms with Crippen molar-refractivity contribution in [3.05, 3.63) is 28.2 Å². The van der Waals surface area contributed by atoms with E-state index >= 15 is 0 Å². The van der Waals surface area contributed by atoms with E-state index in [1.807, 2.05) is 0 Å². The molecule has 0 spiro atoms. The van der Waals surface area contributed by atoms with E-state index in [-0.39, 0.29) is 0 Å². The minimum atomic E-state index is 0.694. The third-order valence-corrected chi connectivity index (χ3v) is 3.98. The topological polar surface area (TPSA) is 15.3 Å². The van der Waals surface area contributed by atoms with Crippen molar-refractivity contribution >= 4 is 21.6 Å². The first kappa shape index (κ1) is 17.5. The Morgan fingerprint density at radius 1 is 1.15 bits per heavy atom. The fourth-order valence-electron chi connectivity index (χ4n) is 2.05. The van der Waals surface area contributed by atoms with Crippen molar-refractivity contribution in [1.82, 2.24) is 5.32 Å². The van der Waals surface area contributed by atoms with Crippen molar-refractivity contribution in [2.45, 2.75) is 40.7 Å². The molecule has 0 radical (unpaired) electrons. The van der Waals surface area contributed by atoms with Crippen LogP contribution in [0.4, 0.5) is 5.69 Å². The summed E-state index contributed by atoms with van der Waals surface area (Å²) in [5, 5.41) is 3.48. The van der Waals surface area contributed by atoms with Gasteiger partial charge in [0.15, 0.2) is 0 Å². The highest BCUT2D eigenvalue weighted by molar-refractivity contribution is 9.10. The molecule has 1 aromatic carbocycles. The van der Waals surface area contributed by atoms with Gasteiger partial charge < -0.3 is 10.2 Å². The molecule has 0 saturated carbocycles. The first-order valence-corrected chi connectivity index (χ1v) is 8.39. The lowest BCUT2D eigenvalue weighted by Crippen LogP contribution is -2.21. The highest BCUT2D eigenvalue weighted by Crippen LogP contribution is 2.27. The van der Waals surface area contributed by atoms with Crippen LogP contribution in [0.2, 0.25) is 0 Å². The molecule has 0 heterocycles. The Bertz CT molecular complexity index is 402. The third-order valence-electron chi connectivity index (χ3n) is 3.35. The summed E-state index contributed by atoms with van der Waals surface area (Å²) in [6.45, 7) is 12.1. The number of nitrogens with zero attached hydrogens (tertiary/aromatic N) is 1. The van der Waals surface area contributed by atoms with Crippen LogP contribution in [0.5, 0.6) is 0 Å². The van der Waals surface area contributed by atoms with Gasteiger partial charge >= 0.3 is 0 Å². The number of hydrogen-bond acceptors (Lipinski definition) is 2. The van der Waals surface area contributed by atoms with Crippen LogP contribution in [0.3, 0.4) is 0 Å². The van der Waals surface area contributed by atoms with E-state index in [1.165, 1.54) is 22.1 Å². The van der Waals surface area contributed by atoms with Crippen LogP contribution in [0, 0.1) is 11.8 Å². The zero-order chi connectivity index (χ0) is 15.1. The summed E-state index contributed by atoms with van der Waals surface area (Å²) >= 11 is 3.71. The predicted octanol–water partition coefficient (Wildman–Crippen LogP) is 4.68. The fourth-order valence-corrected chi connectivity index (χ4v) is 2.78. The van der Waals surface area contributed by atoms with Crippen molar-refractivity contribution in [3.63, 3.8) is 0 Å². The standard InChI is InChI=1S/C17H29BrN2/c1-13(2)8-9-20(5)17-7-6-15(10-16(17)18)12-19-11-14(3)4/h6-7,10,13-14,19H,8-9,11-12H2,1-5H3. The average molecular weight is 341 g/mol. The van der Waals surface area contributed by atoms with Gasteiger partial charge in [-0.25, -0.2) is 0 Å². The van der Waals surface area contributed by atoms with Crippen LogP contribution in [0.25, 0.3) is 0 Å². The van der Waals surface area contributed by atoms with Gasteiger partial charge in [0.25, 0.3) is 0 Å². The summed E-state index contributed by atoms with van der Waals surface area (Å²) in [5.41, 5.74) is 2.61. The highest BCUT2D eigenvalue weighted by Gasteiger charge is 2.07. The number of benzene rings is 1. The molecule has 3 heteroatoms. The van der Waals surface area contributed by atoms with E-state index in [1.54, 1.807) is 0 Å². The zero-order valence-electron chi connectivity index (χ0n) is 13.5. The molecule has 114 valence electrons. The fraction of sp³-hybridized carbons (Fsp3) is 0.647. The number of hydrogen-bond donors (Lipinski definition) is 1. The van der Waals surface area contributed by atoms with Crippen molar-refractivity contribution < 1.29 is 0 Å². The van der Waals surface area contributed by atoms with Crippen LogP contribution in [0.15, 0.2) is 22.7 Å². The second kappa shape index (κ2) is 8.68. The SMILES string of the molecule is CC(C)CCN(C)c1ccc(CNCC(C)C)cc1Br. The van der Waals surface area contributed by atoms with Crippen LogP contribution < -0.4 is 10.2 Å². The molecule has 20 heavy (non-hydrogen) atoms. The molecule has 0 atom stereocenters. The molecular weight excluding hydrogens is 312 g/mol. The summed E-state index contributed by atoms with van der Waals surface area (Å²) in [6, 6.07) is 6.67. The van der Waals surface area contributed by atoms with Crippen LogP contribution in [0.1, 0.15) is 39.7 Å². The van der Waals surface area contributed by atoms with Gasteiger partial charge in [0, 0.05) is 24.6 Å². The van der Waals surface area contributed by atoms with Crippen LogP contribution >= 0.6 is 15.9 Å².